The average molecular weight is 302 g/mol. The number of carboxylic acids is 1. The predicted octanol–water partition coefficient (Wildman–Crippen LogP) is 0.0854. The van der Waals surface area contributed by atoms with Crippen molar-refractivity contribution in [3.8, 4) is 0 Å². The number of nitrogens with zero attached hydrogens (tertiary/aromatic N) is 2. The van der Waals surface area contributed by atoms with Crippen LogP contribution in [-0.2, 0) is 16.4 Å². The van der Waals surface area contributed by atoms with E-state index in [2.05, 4.69) is 19.9 Å². The van der Waals surface area contributed by atoms with E-state index in [1.54, 1.807) is 5.51 Å². The van der Waals surface area contributed by atoms with Gasteiger partial charge < -0.3 is 5.11 Å². The lowest BCUT2D eigenvalue weighted by atomic mass is 10.3. The Labute approximate surface area is 112 Å². The van der Waals surface area contributed by atoms with E-state index < -0.39 is 21.0 Å². The number of nitrogens with one attached hydrogen (secondary N) is 2. The highest BCUT2D eigenvalue weighted by Gasteiger charge is 2.24. The summed E-state index contributed by atoms with van der Waals surface area (Å²) in [6, 6.07) is 0. The Bertz CT molecular complexity index is 662. The fraction of sp³-hybridized carbons (Fsp3) is 0.222. The normalized spacial score (nSPS) is 11.6. The van der Waals surface area contributed by atoms with Crippen molar-refractivity contribution in [2.45, 2.75) is 11.4 Å². The molecular weight excluding hydrogens is 292 g/mol. The minimum atomic E-state index is -3.92. The van der Waals surface area contributed by atoms with Gasteiger partial charge in [0.25, 0.3) is 10.0 Å². The van der Waals surface area contributed by atoms with Crippen molar-refractivity contribution in [1.29, 1.82) is 0 Å². The van der Waals surface area contributed by atoms with Crippen molar-refractivity contribution >= 4 is 27.3 Å². The largest absolute Gasteiger partial charge is 0.478 e. The molecule has 2 aromatic heterocycles. The lowest BCUT2D eigenvalue weighted by molar-refractivity contribution is 0.0692. The van der Waals surface area contributed by atoms with Crippen LogP contribution >= 0.6 is 11.3 Å². The number of carboxylic acid groups (broad SMARTS) is 1. The molecule has 8 nitrogen and oxygen atoms in total. The van der Waals surface area contributed by atoms with E-state index in [-0.39, 0.29) is 12.1 Å². The Morgan fingerprint density at radius 3 is 2.95 bits per heavy atom. The molecule has 2 rings (SSSR count). The first-order chi connectivity index (χ1) is 9.00. The molecule has 10 heteroatoms. The highest BCUT2D eigenvalue weighted by Crippen LogP contribution is 2.11. The number of sulfonamides is 1. The van der Waals surface area contributed by atoms with Gasteiger partial charge in [-0.2, -0.15) is 5.10 Å². The number of hydrogen-bond acceptors (Lipinski definition) is 6. The molecule has 0 aliphatic heterocycles. The van der Waals surface area contributed by atoms with Crippen LogP contribution in [0.1, 0.15) is 16.1 Å². The minimum Gasteiger partial charge on any atom is -0.478 e. The zero-order valence-electron chi connectivity index (χ0n) is 9.53. The average Bonchev–Trinajstić information content (AvgIpc) is 2.99. The Morgan fingerprint density at radius 2 is 2.32 bits per heavy atom. The van der Waals surface area contributed by atoms with Crippen LogP contribution < -0.4 is 4.72 Å². The molecule has 0 aliphatic rings. The van der Waals surface area contributed by atoms with Crippen LogP contribution in [0.2, 0.25) is 0 Å². The first-order valence-corrected chi connectivity index (χ1v) is 7.56. The third-order valence-corrected chi connectivity index (χ3v) is 4.33. The number of H-pyrrole nitrogens is 1. The summed E-state index contributed by atoms with van der Waals surface area (Å²) < 4.78 is 26.1. The lowest BCUT2D eigenvalue weighted by Gasteiger charge is -2.04. The Kier molecular flexibility index (Phi) is 3.93. The van der Waals surface area contributed by atoms with Crippen LogP contribution in [-0.4, -0.2) is 41.2 Å². The van der Waals surface area contributed by atoms with Gasteiger partial charge in [-0.15, -0.1) is 11.3 Å². The molecule has 0 bridgehead atoms. The van der Waals surface area contributed by atoms with Crippen molar-refractivity contribution in [1.82, 2.24) is 19.9 Å². The monoisotopic (exact) mass is 302 g/mol. The summed E-state index contributed by atoms with van der Waals surface area (Å²) in [5.74, 6) is -1.35. The molecule has 3 N–H and O–H groups in total. The number of aromatic carboxylic acids is 1. The first-order valence-electron chi connectivity index (χ1n) is 5.14. The summed E-state index contributed by atoms with van der Waals surface area (Å²) in [5.41, 5.74) is 2.04. The fourth-order valence-electron chi connectivity index (χ4n) is 1.38. The van der Waals surface area contributed by atoms with Gasteiger partial charge in [0.1, 0.15) is 5.56 Å². The van der Waals surface area contributed by atoms with Gasteiger partial charge in [0.2, 0.25) is 0 Å². The minimum absolute atomic E-state index is 0.129. The summed E-state index contributed by atoms with van der Waals surface area (Å²) in [6.07, 6.45) is 1.39. The van der Waals surface area contributed by atoms with Gasteiger partial charge in [-0.25, -0.2) is 22.9 Å². The molecule has 0 amide bonds. The van der Waals surface area contributed by atoms with E-state index in [1.165, 1.54) is 11.3 Å². The van der Waals surface area contributed by atoms with Gasteiger partial charge in [-0.1, -0.05) is 0 Å². The van der Waals surface area contributed by atoms with E-state index in [9.17, 15) is 13.2 Å². The molecule has 0 radical (unpaired) electrons. The molecule has 2 heterocycles. The summed E-state index contributed by atoms with van der Waals surface area (Å²) in [7, 11) is -3.92. The molecule has 102 valence electrons. The van der Waals surface area contributed by atoms with Crippen molar-refractivity contribution in [2.75, 3.05) is 6.54 Å². The van der Waals surface area contributed by atoms with Crippen molar-refractivity contribution in [2.24, 2.45) is 0 Å². The molecule has 0 aliphatic carbocycles. The molecular formula is C9H10N4O4S2. The molecule has 19 heavy (non-hydrogen) atoms. The highest BCUT2D eigenvalue weighted by molar-refractivity contribution is 7.89. The van der Waals surface area contributed by atoms with Crippen molar-refractivity contribution in [3.05, 3.63) is 28.3 Å². The van der Waals surface area contributed by atoms with E-state index >= 15 is 0 Å². The van der Waals surface area contributed by atoms with Crippen molar-refractivity contribution in [3.63, 3.8) is 0 Å². The Balaban J connectivity index is 2.06. The molecule has 0 aromatic carbocycles. The first kappa shape index (κ1) is 13.6. The van der Waals surface area contributed by atoms with Crippen LogP contribution in [0.3, 0.4) is 0 Å². The molecule has 0 saturated heterocycles. The summed E-state index contributed by atoms with van der Waals surface area (Å²) in [5, 5.41) is 15.8. The number of rotatable bonds is 6. The quantitative estimate of drug-likeness (QED) is 0.694. The maximum absolute atomic E-state index is 11.9. The van der Waals surface area contributed by atoms with E-state index in [1.807, 2.05) is 5.38 Å². The number of thiazole rings is 1. The summed E-state index contributed by atoms with van der Waals surface area (Å²) in [6.45, 7) is 0.129. The number of aromatic amines is 1. The van der Waals surface area contributed by atoms with Gasteiger partial charge in [-0.05, 0) is 0 Å². The lowest BCUT2D eigenvalue weighted by Crippen LogP contribution is -2.27. The second-order valence-corrected chi connectivity index (χ2v) is 5.97. The van der Waals surface area contributed by atoms with Gasteiger partial charge in [-0.3, -0.25) is 5.10 Å². The third kappa shape index (κ3) is 3.16. The fourth-order valence-corrected chi connectivity index (χ4v) is 3.09. The Morgan fingerprint density at radius 1 is 1.53 bits per heavy atom. The van der Waals surface area contributed by atoms with Gasteiger partial charge in [0, 0.05) is 18.3 Å². The summed E-state index contributed by atoms with van der Waals surface area (Å²) in [4.78, 5) is 14.8. The standard InChI is InChI=1S/C9H10N4O4S2/c14-9(15)7-3-11-13-8(7)19(16,17)12-2-1-6-4-18-5-10-6/h3-5,12H,1-2H2,(H,11,13)(H,14,15). The number of carbonyl (C=O) groups is 1. The second-order valence-electron chi connectivity index (χ2n) is 3.55. The molecule has 2 aromatic rings. The predicted molar refractivity (Wildman–Crippen MR) is 66.6 cm³/mol. The molecule has 0 saturated carbocycles. The van der Waals surface area contributed by atoms with Crippen molar-refractivity contribution < 1.29 is 18.3 Å². The maximum atomic E-state index is 11.9. The van der Waals surface area contributed by atoms with Crippen LogP contribution in [0.4, 0.5) is 0 Å². The zero-order chi connectivity index (χ0) is 13.9. The van der Waals surface area contributed by atoms with Gasteiger partial charge >= 0.3 is 5.97 Å². The number of aromatic nitrogens is 3. The van der Waals surface area contributed by atoms with E-state index in [0.717, 1.165) is 11.9 Å². The summed E-state index contributed by atoms with van der Waals surface area (Å²) >= 11 is 1.42. The third-order valence-electron chi connectivity index (χ3n) is 2.26. The SMILES string of the molecule is O=C(O)c1cn[nH]c1S(=O)(=O)NCCc1cscn1. The van der Waals surface area contributed by atoms with Crippen LogP contribution in [0.5, 0.6) is 0 Å². The van der Waals surface area contributed by atoms with Crippen LogP contribution in [0.15, 0.2) is 22.1 Å². The molecule has 0 spiro atoms. The maximum Gasteiger partial charge on any atom is 0.340 e. The number of hydrogen-bond donors (Lipinski definition) is 3. The van der Waals surface area contributed by atoms with E-state index in [4.69, 9.17) is 5.11 Å². The topological polar surface area (TPSA) is 125 Å². The zero-order valence-corrected chi connectivity index (χ0v) is 11.2. The van der Waals surface area contributed by atoms with Gasteiger partial charge in [0.05, 0.1) is 17.4 Å². The van der Waals surface area contributed by atoms with Crippen LogP contribution in [0.25, 0.3) is 0 Å². The highest BCUT2D eigenvalue weighted by atomic mass is 32.2. The molecule has 0 atom stereocenters. The molecule has 0 fully saturated rings. The smallest absolute Gasteiger partial charge is 0.340 e. The Hall–Kier alpha value is -1.78. The van der Waals surface area contributed by atoms with Gasteiger partial charge in [0.15, 0.2) is 5.03 Å². The van der Waals surface area contributed by atoms with Crippen LogP contribution in [0, 0.1) is 0 Å². The molecule has 0 unspecified atom stereocenters. The van der Waals surface area contributed by atoms with E-state index in [0.29, 0.717) is 6.42 Å². The second kappa shape index (κ2) is 5.47.